The van der Waals surface area contributed by atoms with Crippen molar-refractivity contribution < 1.29 is 9.90 Å². The van der Waals surface area contributed by atoms with Crippen LogP contribution in [0.25, 0.3) is 0 Å². The molecule has 1 saturated heterocycles. The minimum absolute atomic E-state index is 0.00747. The average Bonchev–Trinajstić information content (AvgIpc) is 2.38. The summed E-state index contributed by atoms with van der Waals surface area (Å²) in [5.74, 6) is 0.274. The number of carbonyl (C=O) groups is 1. The molecule has 5 heteroatoms. The van der Waals surface area contributed by atoms with Crippen molar-refractivity contribution in [1.82, 2.24) is 4.90 Å². The SMILES string of the molecule is CC(N)C(=O)N1CCN(c2ccccc2O)CC1. The van der Waals surface area contributed by atoms with E-state index in [2.05, 4.69) is 4.90 Å². The van der Waals surface area contributed by atoms with Crippen molar-refractivity contribution in [2.75, 3.05) is 31.1 Å². The Morgan fingerprint density at radius 2 is 1.89 bits per heavy atom. The molecule has 0 saturated carbocycles. The minimum atomic E-state index is -0.443. The summed E-state index contributed by atoms with van der Waals surface area (Å²) in [6, 6.07) is 6.82. The van der Waals surface area contributed by atoms with E-state index in [0.717, 1.165) is 18.8 Å². The number of carbonyl (C=O) groups excluding carboxylic acids is 1. The van der Waals surface area contributed by atoms with Gasteiger partial charge in [-0.25, -0.2) is 0 Å². The van der Waals surface area contributed by atoms with Crippen LogP contribution in [0.1, 0.15) is 6.92 Å². The van der Waals surface area contributed by atoms with Gasteiger partial charge in [0.15, 0.2) is 0 Å². The summed E-state index contributed by atoms with van der Waals surface area (Å²) < 4.78 is 0. The summed E-state index contributed by atoms with van der Waals surface area (Å²) >= 11 is 0. The van der Waals surface area contributed by atoms with E-state index in [1.165, 1.54) is 0 Å². The molecule has 0 radical (unpaired) electrons. The number of hydrogen-bond donors (Lipinski definition) is 2. The fourth-order valence-electron chi connectivity index (χ4n) is 2.19. The standard InChI is InChI=1S/C13H19N3O2/c1-10(14)13(18)16-8-6-15(7-9-16)11-4-2-3-5-12(11)17/h2-5,10,17H,6-9,14H2,1H3. The third-order valence-corrected chi connectivity index (χ3v) is 3.20. The van der Waals surface area contributed by atoms with Crippen LogP contribution in [0, 0.1) is 0 Å². The topological polar surface area (TPSA) is 69.8 Å². The van der Waals surface area contributed by atoms with Gasteiger partial charge in [-0.2, -0.15) is 0 Å². The molecule has 0 aromatic heterocycles. The first kappa shape index (κ1) is 12.7. The van der Waals surface area contributed by atoms with Gasteiger partial charge < -0.3 is 20.6 Å². The molecule has 1 amide bonds. The second-order valence-electron chi connectivity index (χ2n) is 4.59. The number of para-hydroxylation sites is 2. The predicted molar refractivity (Wildman–Crippen MR) is 70.5 cm³/mol. The molecule has 1 unspecified atom stereocenters. The molecule has 0 aliphatic carbocycles. The highest BCUT2D eigenvalue weighted by atomic mass is 16.3. The van der Waals surface area contributed by atoms with Crippen LogP contribution in [0.2, 0.25) is 0 Å². The lowest BCUT2D eigenvalue weighted by atomic mass is 10.2. The third kappa shape index (κ3) is 2.56. The van der Waals surface area contributed by atoms with Gasteiger partial charge in [0, 0.05) is 26.2 Å². The largest absolute Gasteiger partial charge is 0.506 e. The van der Waals surface area contributed by atoms with Crippen molar-refractivity contribution in [3.05, 3.63) is 24.3 Å². The summed E-state index contributed by atoms with van der Waals surface area (Å²) in [7, 11) is 0. The number of amides is 1. The molecule has 1 atom stereocenters. The number of nitrogens with two attached hydrogens (primary N) is 1. The van der Waals surface area contributed by atoms with Gasteiger partial charge in [-0.05, 0) is 19.1 Å². The summed E-state index contributed by atoms with van der Waals surface area (Å²) in [6.45, 7) is 4.44. The Labute approximate surface area is 107 Å². The van der Waals surface area contributed by atoms with Crippen molar-refractivity contribution >= 4 is 11.6 Å². The van der Waals surface area contributed by atoms with Gasteiger partial charge in [0.05, 0.1) is 11.7 Å². The van der Waals surface area contributed by atoms with Crippen molar-refractivity contribution in [1.29, 1.82) is 0 Å². The third-order valence-electron chi connectivity index (χ3n) is 3.20. The Bertz CT molecular complexity index is 426. The van der Waals surface area contributed by atoms with Crippen LogP contribution in [-0.4, -0.2) is 48.1 Å². The average molecular weight is 249 g/mol. The highest BCUT2D eigenvalue weighted by Crippen LogP contribution is 2.27. The van der Waals surface area contributed by atoms with Crippen molar-refractivity contribution in [3.63, 3.8) is 0 Å². The number of anilines is 1. The fourth-order valence-corrected chi connectivity index (χ4v) is 2.19. The second-order valence-corrected chi connectivity index (χ2v) is 4.59. The normalized spacial score (nSPS) is 17.7. The van der Waals surface area contributed by atoms with Crippen molar-refractivity contribution in [2.24, 2.45) is 5.73 Å². The first-order valence-electron chi connectivity index (χ1n) is 6.17. The molecule has 1 aromatic rings. The maximum atomic E-state index is 11.7. The molecule has 1 fully saturated rings. The van der Waals surface area contributed by atoms with E-state index in [1.54, 1.807) is 24.0 Å². The second kappa shape index (κ2) is 5.27. The molecule has 1 aliphatic rings. The number of phenolic OH excluding ortho intramolecular Hbond substituents is 1. The number of nitrogens with zero attached hydrogens (tertiary/aromatic N) is 2. The van der Waals surface area contributed by atoms with E-state index in [0.29, 0.717) is 13.1 Å². The lowest BCUT2D eigenvalue weighted by Crippen LogP contribution is -2.52. The molecule has 5 nitrogen and oxygen atoms in total. The predicted octanol–water partition coefficient (Wildman–Crippen LogP) is 0.388. The molecule has 0 bridgehead atoms. The van der Waals surface area contributed by atoms with Crippen LogP contribution >= 0.6 is 0 Å². The van der Waals surface area contributed by atoms with Gasteiger partial charge in [0.25, 0.3) is 0 Å². The molecule has 2 rings (SSSR count). The summed E-state index contributed by atoms with van der Waals surface area (Å²) in [5.41, 5.74) is 6.42. The Morgan fingerprint density at radius 3 is 2.44 bits per heavy atom. The molecule has 1 aliphatic heterocycles. The highest BCUT2D eigenvalue weighted by Gasteiger charge is 2.23. The summed E-state index contributed by atoms with van der Waals surface area (Å²) in [6.07, 6.45) is 0. The Kier molecular flexibility index (Phi) is 3.72. The van der Waals surface area contributed by atoms with E-state index >= 15 is 0 Å². The Hall–Kier alpha value is -1.75. The Morgan fingerprint density at radius 1 is 1.28 bits per heavy atom. The zero-order valence-electron chi connectivity index (χ0n) is 10.5. The molecular weight excluding hydrogens is 230 g/mol. The monoisotopic (exact) mass is 249 g/mol. The molecule has 1 aromatic carbocycles. The number of hydrogen-bond acceptors (Lipinski definition) is 4. The molecule has 98 valence electrons. The lowest BCUT2D eigenvalue weighted by molar-refractivity contribution is -0.132. The van der Waals surface area contributed by atoms with Gasteiger partial charge in [0.1, 0.15) is 5.75 Å². The van der Waals surface area contributed by atoms with Crippen LogP contribution < -0.4 is 10.6 Å². The van der Waals surface area contributed by atoms with Crippen LogP contribution in [-0.2, 0) is 4.79 Å². The van der Waals surface area contributed by atoms with Crippen LogP contribution in [0.4, 0.5) is 5.69 Å². The van der Waals surface area contributed by atoms with Crippen LogP contribution in [0.5, 0.6) is 5.75 Å². The molecule has 18 heavy (non-hydrogen) atoms. The zero-order valence-corrected chi connectivity index (χ0v) is 10.5. The minimum Gasteiger partial charge on any atom is -0.506 e. The van der Waals surface area contributed by atoms with Gasteiger partial charge >= 0.3 is 0 Å². The van der Waals surface area contributed by atoms with Crippen LogP contribution in [0.15, 0.2) is 24.3 Å². The van der Waals surface area contributed by atoms with Gasteiger partial charge in [-0.15, -0.1) is 0 Å². The first-order valence-corrected chi connectivity index (χ1v) is 6.17. The van der Waals surface area contributed by atoms with Gasteiger partial charge in [-0.3, -0.25) is 4.79 Å². The smallest absolute Gasteiger partial charge is 0.239 e. The van der Waals surface area contributed by atoms with E-state index in [1.807, 2.05) is 12.1 Å². The highest BCUT2D eigenvalue weighted by molar-refractivity contribution is 5.81. The van der Waals surface area contributed by atoms with E-state index in [-0.39, 0.29) is 11.7 Å². The number of piperazine rings is 1. The summed E-state index contributed by atoms with van der Waals surface area (Å²) in [5, 5.41) is 9.78. The molecule has 0 spiro atoms. The number of aromatic hydroxyl groups is 1. The molecular formula is C13H19N3O2. The van der Waals surface area contributed by atoms with Crippen LogP contribution in [0.3, 0.4) is 0 Å². The van der Waals surface area contributed by atoms with Gasteiger partial charge in [-0.1, -0.05) is 12.1 Å². The van der Waals surface area contributed by atoms with Crippen molar-refractivity contribution in [2.45, 2.75) is 13.0 Å². The van der Waals surface area contributed by atoms with E-state index in [4.69, 9.17) is 5.73 Å². The lowest BCUT2D eigenvalue weighted by Gasteiger charge is -2.36. The first-order chi connectivity index (χ1) is 8.59. The fraction of sp³-hybridized carbons (Fsp3) is 0.462. The van der Waals surface area contributed by atoms with Gasteiger partial charge in [0.2, 0.25) is 5.91 Å². The maximum Gasteiger partial charge on any atom is 0.239 e. The number of phenols is 1. The number of benzene rings is 1. The quantitative estimate of drug-likeness (QED) is 0.795. The van der Waals surface area contributed by atoms with Crippen molar-refractivity contribution in [3.8, 4) is 5.75 Å². The van der Waals surface area contributed by atoms with E-state index in [9.17, 15) is 9.90 Å². The zero-order chi connectivity index (χ0) is 13.1. The maximum absolute atomic E-state index is 11.7. The van der Waals surface area contributed by atoms with E-state index < -0.39 is 6.04 Å². The summed E-state index contributed by atoms with van der Waals surface area (Å²) in [4.78, 5) is 15.6. The Balaban J connectivity index is 1.99. The number of rotatable bonds is 2. The molecule has 3 N–H and O–H groups in total. The molecule has 1 heterocycles.